The third kappa shape index (κ3) is 3.56. The van der Waals surface area contributed by atoms with Gasteiger partial charge in [0.2, 0.25) is 5.91 Å². The maximum atomic E-state index is 12.8. The Labute approximate surface area is 157 Å². The number of aryl methyl sites for hydroxylation is 1. The van der Waals surface area contributed by atoms with Gasteiger partial charge in [-0.25, -0.2) is 4.98 Å². The molecule has 0 N–H and O–H groups in total. The highest BCUT2D eigenvalue weighted by atomic mass is 35.5. The minimum atomic E-state index is 0.154. The summed E-state index contributed by atoms with van der Waals surface area (Å²) in [5.41, 5.74) is 3.90. The van der Waals surface area contributed by atoms with Crippen LogP contribution in [0.4, 0.5) is 0 Å². The molecule has 4 nitrogen and oxygen atoms in total. The number of fused-ring (bicyclic) bond motifs is 1. The Hall–Kier alpha value is -2.46. The van der Waals surface area contributed by atoms with Crippen molar-refractivity contribution in [3.05, 3.63) is 70.6 Å². The molecule has 0 bridgehead atoms. The fourth-order valence-electron chi connectivity index (χ4n) is 3.20. The van der Waals surface area contributed by atoms with E-state index in [9.17, 15) is 4.79 Å². The molecule has 0 atom stereocenters. The van der Waals surface area contributed by atoms with Gasteiger partial charge in [-0.3, -0.25) is 9.78 Å². The summed E-state index contributed by atoms with van der Waals surface area (Å²) >= 11 is 6.46. The Morgan fingerprint density at radius 1 is 1.23 bits per heavy atom. The first-order valence-corrected chi connectivity index (χ1v) is 9.22. The average molecular weight is 366 g/mol. The predicted octanol–water partition coefficient (Wildman–Crippen LogP) is 4.53. The number of para-hydroxylation sites is 1. The summed E-state index contributed by atoms with van der Waals surface area (Å²) in [5.74, 6) is 0.343. The molecule has 1 aliphatic rings. The number of carbonyl (C=O) groups excluding carboxylic acids is 1. The van der Waals surface area contributed by atoms with Gasteiger partial charge in [0.25, 0.3) is 0 Å². The Morgan fingerprint density at radius 2 is 2.08 bits per heavy atom. The third-order valence-corrected chi connectivity index (χ3v) is 5.10. The van der Waals surface area contributed by atoms with Crippen LogP contribution in [0.3, 0.4) is 0 Å². The van der Waals surface area contributed by atoms with E-state index in [1.54, 1.807) is 12.4 Å². The molecule has 0 radical (unpaired) electrons. The van der Waals surface area contributed by atoms with Gasteiger partial charge in [0, 0.05) is 42.4 Å². The Morgan fingerprint density at radius 3 is 2.81 bits per heavy atom. The van der Waals surface area contributed by atoms with Gasteiger partial charge in [-0.15, -0.1) is 0 Å². The molecule has 2 aromatic heterocycles. The van der Waals surface area contributed by atoms with E-state index in [2.05, 4.69) is 9.97 Å². The number of nitrogens with zero attached hydrogens (tertiary/aromatic N) is 3. The molecule has 0 spiro atoms. The molecule has 1 saturated carbocycles. The number of pyridine rings is 2. The Kier molecular flexibility index (Phi) is 4.60. The highest BCUT2D eigenvalue weighted by Gasteiger charge is 2.33. The van der Waals surface area contributed by atoms with Gasteiger partial charge in [0.15, 0.2) is 0 Å². The molecule has 1 fully saturated rings. The van der Waals surface area contributed by atoms with E-state index in [1.165, 1.54) is 0 Å². The normalized spacial score (nSPS) is 13.8. The summed E-state index contributed by atoms with van der Waals surface area (Å²) in [4.78, 5) is 23.4. The van der Waals surface area contributed by atoms with Crippen LogP contribution in [-0.2, 0) is 17.9 Å². The summed E-state index contributed by atoms with van der Waals surface area (Å²) in [6.45, 7) is 3.02. The minimum absolute atomic E-state index is 0.154. The summed E-state index contributed by atoms with van der Waals surface area (Å²) < 4.78 is 0. The van der Waals surface area contributed by atoms with Crippen molar-refractivity contribution < 1.29 is 4.79 Å². The maximum absolute atomic E-state index is 12.8. The van der Waals surface area contributed by atoms with E-state index < -0.39 is 0 Å². The number of hydrogen-bond donors (Lipinski definition) is 0. The Bertz CT molecular complexity index is 954. The van der Waals surface area contributed by atoms with Crippen molar-refractivity contribution in [1.29, 1.82) is 0 Å². The average Bonchev–Trinajstić information content (AvgIpc) is 3.48. The molecule has 4 rings (SSSR count). The minimum Gasteiger partial charge on any atom is -0.334 e. The van der Waals surface area contributed by atoms with Crippen molar-refractivity contribution in [2.45, 2.75) is 32.9 Å². The lowest BCUT2D eigenvalue weighted by Gasteiger charge is -2.23. The number of halogens is 1. The fourth-order valence-corrected chi connectivity index (χ4v) is 3.40. The monoisotopic (exact) mass is 365 g/mol. The summed E-state index contributed by atoms with van der Waals surface area (Å²) in [5, 5.41) is 1.51. The molecule has 5 heteroatoms. The molecule has 0 unspecified atom stereocenters. The second-order valence-corrected chi connectivity index (χ2v) is 7.27. The lowest BCUT2D eigenvalue weighted by atomic mass is 10.1. The maximum Gasteiger partial charge on any atom is 0.226 e. The van der Waals surface area contributed by atoms with E-state index in [0.29, 0.717) is 18.2 Å². The van der Waals surface area contributed by atoms with E-state index in [-0.39, 0.29) is 11.8 Å². The zero-order valence-corrected chi connectivity index (χ0v) is 15.4. The van der Waals surface area contributed by atoms with Crippen molar-refractivity contribution in [1.82, 2.24) is 14.9 Å². The van der Waals surface area contributed by atoms with Crippen LogP contribution in [0, 0.1) is 12.8 Å². The van der Waals surface area contributed by atoms with E-state index in [1.807, 2.05) is 48.2 Å². The quantitative estimate of drug-likeness (QED) is 0.624. The Balaban J connectivity index is 1.65. The van der Waals surface area contributed by atoms with Gasteiger partial charge in [-0.05, 0) is 43.0 Å². The molecule has 3 aromatic rings. The highest BCUT2D eigenvalue weighted by molar-refractivity contribution is 6.30. The van der Waals surface area contributed by atoms with Crippen molar-refractivity contribution in [3.8, 4) is 0 Å². The van der Waals surface area contributed by atoms with Crippen LogP contribution in [0.5, 0.6) is 0 Å². The lowest BCUT2D eigenvalue weighted by molar-refractivity contribution is -0.133. The van der Waals surface area contributed by atoms with Crippen LogP contribution in [0.1, 0.15) is 29.5 Å². The molecule has 0 saturated heterocycles. The second-order valence-electron chi connectivity index (χ2n) is 6.91. The smallest absolute Gasteiger partial charge is 0.226 e. The van der Waals surface area contributed by atoms with Gasteiger partial charge in [-0.1, -0.05) is 35.9 Å². The molecule has 1 amide bonds. The number of aromatic nitrogens is 2. The van der Waals surface area contributed by atoms with Crippen LogP contribution in [0.25, 0.3) is 10.9 Å². The number of hydrogen-bond acceptors (Lipinski definition) is 3. The van der Waals surface area contributed by atoms with Crippen molar-refractivity contribution in [2.75, 3.05) is 0 Å². The number of benzene rings is 1. The zero-order valence-electron chi connectivity index (χ0n) is 14.7. The zero-order chi connectivity index (χ0) is 18.1. The highest BCUT2D eigenvalue weighted by Crippen LogP contribution is 2.33. The van der Waals surface area contributed by atoms with Gasteiger partial charge in [0.05, 0.1) is 5.52 Å². The number of carbonyl (C=O) groups is 1. The number of rotatable bonds is 5. The van der Waals surface area contributed by atoms with Crippen LogP contribution in [0.2, 0.25) is 5.15 Å². The standard InChI is InChI=1S/C21H20ClN3O/c1-14-4-2-6-17-10-18(20(22)24-19(14)17)13-25(21(26)16-7-8-16)12-15-5-3-9-23-11-15/h2-6,9-11,16H,7-8,12-13H2,1H3. The SMILES string of the molecule is Cc1cccc2cc(CN(Cc3cccnc3)C(=O)C3CC3)c(Cl)nc12. The number of amides is 1. The van der Waals surface area contributed by atoms with Crippen molar-refractivity contribution in [2.24, 2.45) is 5.92 Å². The summed E-state index contributed by atoms with van der Waals surface area (Å²) in [7, 11) is 0. The fraction of sp³-hybridized carbons (Fsp3) is 0.286. The molecule has 132 valence electrons. The first-order valence-electron chi connectivity index (χ1n) is 8.84. The second kappa shape index (κ2) is 7.04. The van der Waals surface area contributed by atoms with Gasteiger partial charge < -0.3 is 4.90 Å². The van der Waals surface area contributed by atoms with Gasteiger partial charge in [0.1, 0.15) is 5.15 Å². The summed E-state index contributed by atoms with van der Waals surface area (Å²) in [6, 6.07) is 12.0. The lowest BCUT2D eigenvalue weighted by Crippen LogP contribution is -2.31. The molecule has 2 heterocycles. The van der Waals surface area contributed by atoms with E-state index >= 15 is 0 Å². The topological polar surface area (TPSA) is 46.1 Å². The molecular weight excluding hydrogens is 346 g/mol. The van der Waals surface area contributed by atoms with E-state index in [4.69, 9.17) is 11.6 Å². The third-order valence-electron chi connectivity index (χ3n) is 4.77. The van der Waals surface area contributed by atoms with Crippen LogP contribution in [0.15, 0.2) is 48.8 Å². The van der Waals surface area contributed by atoms with Gasteiger partial charge in [-0.2, -0.15) is 0 Å². The van der Waals surface area contributed by atoms with Crippen LogP contribution in [-0.4, -0.2) is 20.8 Å². The predicted molar refractivity (Wildman–Crippen MR) is 103 cm³/mol. The summed E-state index contributed by atoms with van der Waals surface area (Å²) in [6.07, 6.45) is 5.50. The van der Waals surface area contributed by atoms with Crippen LogP contribution < -0.4 is 0 Å². The van der Waals surface area contributed by atoms with Crippen molar-refractivity contribution in [3.63, 3.8) is 0 Å². The largest absolute Gasteiger partial charge is 0.334 e. The molecule has 1 aliphatic carbocycles. The molecular formula is C21H20ClN3O. The van der Waals surface area contributed by atoms with Gasteiger partial charge >= 0.3 is 0 Å². The molecule has 0 aliphatic heterocycles. The molecule has 1 aromatic carbocycles. The van der Waals surface area contributed by atoms with E-state index in [0.717, 1.165) is 40.4 Å². The molecule has 26 heavy (non-hydrogen) atoms. The first-order chi connectivity index (χ1) is 12.6. The van der Waals surface area contributed by atoms with Crippen LogP contribution >= 0.6 is 11.6 Å². The first kappa shape index (κ1) is 17.0. The van der Waals surface area contributed by atoms with Crippen molar-refractivity contribution >= 4 is 28.4 Å².